The highest BCUT2D eigenvalue weighted by Crippen LogP contribution is 2.50. The topological polar surface area (TPSA) is 3.24 Å². The van der Waals surface area contributed by atoms with Crippen molar-refractivity contribution < 1.29 is 0 Å². The van der Waals surface area contributed by atoms with Gasteiger partial charge < -0.3 is 4.67 Å². The van der Waals surface area contributed by atoms with E-state index in [9.17, 15) is 0 Å². The molecule has 0 saturated carbocycles. The zero-order chi connectivity index (χ0) is 12.3. The molecule has 3 heteroatoms. The van der Waals surface area contributed by atoms with Gasteiger partial charge in [-0.2, -0.15) is 0 Å². The first-order valence-corrected chi connectivity index (χ1v) is 9.20. The van der Waals surface area contributed by atoms with Crippen LogP contribution in [0.25, 0.3) is 0 Å². The lowest BCUT2D eigenvalue weighted by Gasteiger charge is -2.32. The number of rotatable bonds is 3. The Kier molecular flexibility index (Phi) is 3.66. The maximum atomic E-state index is 5.71. The predicted molar refractivity (Wildman–Crippen MR) is 81.2 cm³/mol. The van der Waals surface area contributed by atoms with Crippen molar-refractivity contribution in [3.8, 4) is 0 Å². The zero-order valence-electron chi connectivity index (χ0n) is 10.1. The molecule has 1 nitrogen and oxygen atoms in total. The van der Waals surface area contributed by atoms with Gasteiger partial charge >= 0.3 is 0 Å². The average molecular weight is 261 g/mol. The van der Waals surface area contributed by atoms with Crippen LogP contribution in [-0.4, -0.2) is 13.3 Å². The molecule has 0 aliphatic rings. The molecule has 0 aliphatic carbocycles. The van der Waals surface area contributed by atoms with Crippen molar-refractivity contribution in [2.24, 2.45) is 0 Å². The van der Waals surface area contributed by atoms with E-state index in [1.807, 2.05) is 12.1 Å². The van der Waals surface area contributed by atoms with Gasteiger partial charge in [0.25, 0.3) is 0 Å². The fraction of sp³-hybridized carbons (Fsp3) is 0.143. The summed E-state index contributed by atoms with van der Waals surface area (Å²) in [5, 5.41) is 0. The molecule has 0 saturated heterocycles. The van der Waals surface area contributed by atoms with Crippen LogP contribution in [0.1, 0.15) is 0 Å². The molecule has 0 bridgehead atoms. The van der Waals surface area contributed by atoms with Crippen molar-refractivity contribution in [1.82, 2.24) is 0 Å². The zero-order valence-corrected chi connectivity index (χ0v) is 11.8. The van der Waals surface area contributed by atoms with Gasteiger partial charge in [-0.1, -0.05) is 48.2 Å². The van der Waals surface area contributed by atoms with E-state index >= 15 is 0 Å². The van der Waals surface area contributed by atoms with E-state index in [2.05, 4.69) is 66.5 Å². The number of para-hydroxylation sites is 2. The Bertz CT molecular complexity index is 479. The lowest BCUT2D eigenvalue weighted by molar-refractivity contribution is 1.41. The Hall–Kier alpha value is -1.11. The first-order valence-electron chi connectivity index (χ1n) is 5.55. The summed E-state index contributed by atoms with van der Waals surface area (Å²) < 4.78 is 2.28. The Morgan fingerprint density at radius 2 is 1.12 bits per heavy atom. The summed E-state index contributed by atoms with van der Waals surface area (Å²) in [6, 6.07) is 20.7. The van der Waals surface area contributed by atoms with E-state index in [-0.39, 0.29) is 0 Å². The van der Waals surface area contributed by atoms with E-state index in [4.69, 9.17) is 11.8 Å². The van der Waals surface area contributed by atoms with Crippen LogP contribution < -0.4 is 4.67 Å². The molecule has 0 aliphatic heterocycles. The van der Waals surface area contributed by atoms with Crippen molar-refractivity contribution in [1.29, 1.82) is 0 Å². The molecule has 0 unspecified atom stereocenters. The van der Waals surface area contributed by atoms with Gasteiger partial charge in [-0.15, -0.1) is 0 Å². The molecule has 2 aromatic rings. The molecule has 2 aromatic carbocycles. The smallest absolute Gasteiger partial charge is 0.0454 e. The lowest BCUT2D eigenvalue weighted by atomic mass is 10.3. The summed E-state index contributed by atoms with van der Waals surface area (Å²) in [6.45, 7) is 4.31. The second-order valence-corrected chi connectivity index (χ2v) is 9.95. The number of hydrogen-bond donors (Lipinski definition) is 0. The van der Waals surface area contributed by atoms with Crippen LogP contribution in [0.3, 0.4) is 0 Å². The third-order valence-corrected chi connectivity index (χ3v) is 4.40. The van der Waals surface area contributed by atoms with Crippen LogP contribution in [0.15, 0.2) is 60.7 Å². The SMILES string of the molecule is CP(C)(=S)N(c1ccccc1)c1ccccc1. The van der Waals surface area contributed by atoms with E-state index in [1.165, 1.54) is 11.4 Å². The molecule has 2 rings (SSSR count). The van der Waals surface area contributed by atoms with Gasteiger partial charge in [0.05, 0.1) is 0 Å². The molecular weight excluding hydrogens is 245 g/mol. The normalized spacial score (nSPS) is 11.2. The molecule has 0 spiro atoms. The minimum atomic E-state index is -1.55. The van der Waals surface area contributed by atoms with Crippen molar-refractivity contribution in [3.63, 3.8) is 0 Å². The summed E-state index contributed by atoms with van der Waals surface area (Å²) in [5.74, 6) is 0. The van der Waals surface area contributed by atoms with E-state index < -0.39 is 6.19 Å². The highest BCUT2D eigenvalue weighted by Gasteiger charge is 2.17. The summed E-state index contributed by atoms with van der Waals surface area (Å²) in [7, 11) is 0. The minimum Gasteiger partial charge on any atom is -0.313 e. The number of benzene rings is 2. The van der Waals surface area contributed by atoms with Crippen LogP contribution in [0.5, 0.6) is 0 Å². The first-order chi connectivity index (χ1) is 8.09. The lowest BCUT2D eigenvalue weighted by Crippen LogP contribution is -2.11. The number of anilines is 2. The maximum absolute atomic E-state index is 5.71. The van der Waals surface area contributed by atoms with Gasteiger partial charge in [0, 0.05) is 17.6 Å². The Balaban J connectivity index is 2.52. The second kappa shape index (κ2) is 5.03. The molecule has 0 amide bonds. The van der Waals surface area contributed by atoms with Crippen molar-refractivity contribution >= 4 is 29.4 Å². The highest BCUT2D eigenvalue weighted by molar-refractivity contribution is 8.14. The molecule has 0 N–H and O–H groups in total. The van der Waals surface area contributed by atoms with E-state index in [0.29, 0.717) is 0 Å². The van der Waals surface area contributed by atoms with Crippen molar-refractivity contribution in [3.05, 3.63) is 60.7 Å². The van der Waals surface area contributed by atoms with Crippen LogP contribution >= 0.6 is 6.19 Å². The molecule has 17 heavy (non-hydrogen) atoms. The van der Waals surface area contributed by atoms with Crippen LogP contribution in [0.4, 0.5) is 11.4 Å². The predicted octanol–water partition coefficient (Wildman–Crippen LogP) is 4.48. The maximum Gasteiger partial charge on any atom is 0.0454 e. The first kappa shape index (κ1) is 12.3. The summed E-state index contributed by atoms with van der Waals surface area (Å²) in [5.41, 5.74) is 2.35. The number of nitrogens with zero attached hydrogens (tertiary/aromatic N) is 1. The van der Waals surface area contributed by atoms with Gasteiger partial charge in [0.15, 0.2) is 0 Å². The second-order valence-electron chi connectivity index (χ2n) is 4.28. The monoisotopic (exact) mass is 261 g/mol. The third kappa shape index (κ3) is 2.96. The van der Waals surface area contributed by atoms with E-state index in [0.717, 1.165) is 0 Å². The Morgan fingerprint density at radius 1 is 0.765 bits per heavy atom. The molecule has 0 heterocycles. The number of hydrogen-bond acceptors (Lipinski definition) is 1. The highest BCUT2D eigenvalue weighted by atomic mass is 32.4. The molecule has 0 aromatic heterocycles. The standard InChI is InChI=1S/C14H16NPS/c1-16(2,17)15(13-9-5-3-6-10-13)14-11-7-4-8-12-14/h3-12H,1-2H3. The summed E-state index contributed by atoms with van der Waals surface area (Å²) in [6.07, 6.45) is -1.55. The fourth-order valence-corrected chi connectivity index (χ4v) is 3.79. The van der Waals surface area contributed by atoms with Gasteiger partial charge in [0.2, 0.25) is 0 Å². The van der Waals surface area contributed by atoms with Crippen molar-refractivity contribution in [2.75, 3.05) is 18.0 Å². The minimum absolute atomic E-state index is 1.17. The summed E-state index contributed by atoms with van der Waals surface area (Å²) in [4.78, 5) is 0. The Morgan fingerprint density at radius 3 is 1.41 bits per heavy atom. The largest absolute Gasteiger partial charge is 0.313 e. The molecular formula is C14H16NPS. The van der Waals surface area contributed by atoms with Crippen LogP contribution in [-0.2, 0) is 11.8 Å². The third-order valence-electron chi connectivity index (χ3n) is 2.48. The van der Waals surface area contributed by atoms with Gasteiger partial charge in [0.1, 0.15) is 0 Å². The molecule has 88 valence electrons. The van der Waals surface area contributed by atoms with Crippen LogP contribution in [0.2, 0.25) is 0 Å². The van der Waals surface area contributed by atoms with Gasteiger partial charge in [-0.25, -0.2) is 0 Å². The Labute approximate surface area is 108 Å². The fourth-order valence-electron chi connectivity index (χ4n) is 1.84. The van der Waals surface area contributed by atoms with E-state index in [1.54, 1.807) is 0 Å². The quantitative estimate of drug-likeness (QED) is 0.749. The van der Waals surface area contributed by atoms with Gasteiger partial charge in [-0.05, 0) is 37.6 Å². The average Bonchev–Trinajstić information content (AvgIpc) is 2.30. The summed E-state index contributed by atoms with van der Waals surface area (Å²) >= 11 is 5.71. The van der Waals surface area contributed by atoms with Crippen LogP contribution in [0, 0.1) is 0 Å². The van der Waals surface area contributed by atoms with Gasteiger partial charge in [-0.3, -0.25) is 0 Å². The molecule has 0 atom stereocenters. The molecule has 0 fully saturated rings. The van der Waals surface area contributed by atoms with Crippen molar-refractivity contribution in [2.45, 2.75) is 0 Å². The molecule has 0 radical (unpaired) electrons.